The first-order chi connectivity index (χ1) is 14.8. The molecule has 3 aromatic rings. The molecule has 0 amide bonds. The second-order valence-electron chi connectivity index (χ2n) is 7.87. The molecule has 0 saturated carbocycles. The molecule has 0 spiro atoms. The van der Waals surface area contributed by atoms with Crippen molar-refractivity contribution in [2.75, 3.05) is 17.2 Å². The molecular formula is C20H24N8O4. The molecule has 32 heavy (non-hydrogen) atoms. The van der Waals surface area contributed by atoms with Crippen LogP contribution in [0.1, 0.15) is 52.7 Å². The zero-order chi connectivity index (χ0) is 24.4. The molecule has 0 aliphatic heterocycles. The number of rotatable bonds is 3. The highest BCUT2D eigenvalue weighted by Crippen LogP contribution is 2.29. The second kappa shape index (κ2) is 8.68. The summed E-state index contributed by atoms with van der Waals surface area (Å²) < 4.78 is 2.72. The summed E-state index contributed by atoms with van der Waals surface area (Å²) >= 11 is 0. The van der Waals surface area contributed by atoms with Crippen LogP contribution in [0, 0.1) is 11.3 Å². The first kappa shape index (κ1) is 23.7. The first-order valence-corrected chi connectivity index (χ1v) is 9.22. The molecule has 168 valence electrons. The third-order valence-corrected chi connectivity index (χ3v) is 4.42. The number of nitriles is 1. The molecule has 12 nitrogen and oxygen atoms in total. The number of nitrogen functional groups attached to an aromatic ring is 3. The number of nitrogens with zero attached hydrogens (tertiary/aromatic N) is 5. The van der Waals surface area contributed by atoms with Gasteiger partial charge in [-0.25, -0.2) is 14.3 Å². The predicted octanol–water partition coefficient (Wildman–Crippen LogP) is 1.60. The monoisotopic (exact) mass is 440 g/mol. The van der Waals surface area contributed by atoms with Crippen LogP contribution in [0.4, 0.5) is 17.3 Å². The Morgan fingerprint density at radius 3 is 1.88 bits per heavy atom. The predicted molar refractivity (Wildman–Crippen MR) is 117 cm³/mol. The van der Waals surface area contributed by atoms with Crippen molar-refractivity contribution in [2.24, 2.45) is 7.05 Å². The summed E-state index contributed by atoms with van der Waals surface area (Å²) in [7, 11) is 1.79. The van der Waals surface area contributed by atoms with Crippen LogP contribution in [0.15, 0.2) is 24.4 Å². The largest absolute Gasteiger partial charge is 0.478 e. The van der Waals surface area contributed by atoms with E-state index in [4.69, 9.17) is 32.7 Å². The molecule has 0 bridgehead atoms. The molecular weight excluding hydrogens is 416 g/mol. The number of carboxylic acids is 2. The molecule has 0 unspecified atom stereocenters. The van der Waals surface area contributed by atoms with E-state index in [9.17, 15) is 9.59 Å². The minimum absolute atomic E-state index is 0.00591. The van der Waals surface area contributed by atoms with E-state index in [1.165, 1.54) is 18.3 Å². The van der Waals surface area contributed by atoms with Crippen LogP contribution in [-0.2, 0) is 12.5 Å². The summed E-state index contributed by atoms with van der Waals surface area (Å²) in [5.41, 5.74) is 18.4. The van der Waals surface area contributed by atoms with Crippen molar-refractivity contribution in [1.82, 2.24) is 19.6 Å². The zero-order valence-corrected chi connectivity index (χ0v) is 18.0. The molecule has 1 aromatic carbocycles. The Hall–Kier alpha value is -4.53. The average Bonchev–Trinajstić information content (AvgIpc) is 3.22. The van der Waals surface area contributed by atoms with Crippen molar-refractivity contribution in [1.29, 1.82) is 5.26 Å². The summed E-state index contributed by atoms with van der Waals surface area (Å²) in [6.07, 6.45) is 1.21. The van der Waals surface area contributed by atoms with Gasteiger partial charge >= 0.3 is 11.9 Å². The van der Waals surface area contributed by atoms with E-state index in [-0.39, 0.29) is 33.6 Å². The number of benzene rings is 1. The molecule has 3 rings (SSSR count). The van der Waals surface area contributed by atoms with Gasteiger partial charge in [0, 0.05) is 12.5 Å². The fourth-order valence-corrected chi connectivity index (χ4v) is 2.74. The SMILES string of the molecule is Cn1nc(C(C)(C)C)c(N)c1N.N#Cc1cnn(-c2cc(C(=O)O)cc(C(=O)O)c2)c1N. The van der Waals surface area contributed by atoms with Crippen LogP contribution in [-0.4, -0.2) is 41.7 Å². The Morgan fingerprint density at radius 1 is 1.03 bits per heavy atom. The van der Waals surface area contributed by atoms with E-state index >= 15 is 0 Å². The Kier molecular flexibility index (Phi) is 6.44. The maximum atomic E-state index is 11.0. The minimum atomic E-state index is -1.28. The number of aryl methyl sites for hydroxylation is 1. The van der Waals surface area contributed by atoms with Crippen LogP contribution in [0.3, 0.4) is 0 Å². The maximum Gasteiger partial charge on any atom is 0.335 e. The molecule has 12 heteroatoms. The summed E-state index contributed by atoms with van der Waals surface area (Å²) in [6.45, 7) is 6.18. The summed E-state index contributed by atoms with van der Waals surface area (Å²) in [6, 6.07) is 5.29. The number of carbonyl (C=O) groups is 2. The summed E-state index contributed by atoms with van der Waals surface area (Å²) in [4.78, 5) is 22.0. The van der Waals surface area contributed by atoms with Crippen LogP contribution >= 0.6 is 0 Å². The van der Waals surface area contributed by atoms with Crippen molar-refractivity contribution in [2.45, 2.75) is 26.2 Å². The normalized spacial score (nSPS) is 10.7. The summed E-state index contributed by atoms with van der Waals surface area (Å²) in [5, 5.41) is 34.8. The van der Waals surface area contributed by atoms with E-state index < -0.39 is 11.9 Å². The quantitative estimate of drug-likeness (QED) is 0.396. The van der Waals surface area contributed by atoms with Gasteiger partial charge in [-0.3, -0.25) is 4.68 Å². The highest BCUT2D eigenvalue weighted by atomic mass is 16.4. The lowest BCUT2D eigenvalue weighted by atomic mass is 9.91. The molecule has 8 N–H and O–H groups in total. The lowest BCUT2D eigenvalue weighted by Crippen LogP contribution is -2.14. The summed E-state index contributed by atoms with van der Waals surface area (Å²) in [5.74, 6) is -2.01. The lowest BCUT2D eigenvalue weighted by Gasteiger charge is -2.15. The Balaban J connectivity index is 0.000000258. The molecule has 0 aliphatic rings. The van der Waals surface area contributed by atoms with Crippen molar-refractivity contribution in [3.05, 3.63) is 46.8 Å². The molecule has 2 heterocycles. The minimum Gasteiger partial charge on any atom is -0.478 e. The standard InChI is InChI=1S/C12H8N4O4.C8H16N4/c13-4-8-5-15-16(10(8)14)9-2-6(11(17)18)1-7(3-9)12(19)20;1-8(2,3)6-5(9)7(10)12(4)11-6/h1-3,5H,14H2,(H,17,18)(H,19,20);9-10H2,1-4H3. The van der Waals surface area contributed by atoms with Gasteiger partial charge in [0.2, 0.25) is 0 Å². The van der Waals surface area contributed by atoms with E-state index in [1.54, 1.807) is 11.7 Å². The Morgan fingerprint density at radius 2 is 1.56 bits per heavy atom. The van der Waals surface area contributed by atoms with Crippen molar-refractivity contribution in [3.8, 4) is 11.8 Å². The number of aromatic carboxylic acids is 2. The number of anilines is 3. The fourth-order valence-electron chi connectivity index (χ4n) is 2.74. The highest BCUT2D eigenvalue weighted by molar-refractivity contribution is 5.94. The first-order valence-electron chi connectivity index (χ1n) is 9.22. The van der Waals surface area contributed by atoms with E-state index in [1.807, 2.05) is 6.07 Å². The van der Waals surface area contributed by atoms with Gasteiger partial charge in [-0.2, -0.15) is 15.5 Å². The molecule has 0 radical (unpaired) electrons. The molecule has 0 fully saturated rings. The average molecular weight is 440 g/mol. The second-order valence-corrected chi connectivity index (χ2v) is 7.87. The molecule has 2 aromatic heterocycles. The Labute approximate surface area is 183 Å². The number of nitrogens with two attached hydrogens (primary N) is 3. The number of hydrogen-bond donors (Lipinski definition) is 5. The van der Waals surface area contributed by atoms with Crippen molar-refractivity contribution in [3.63, 3.8) is 0 Å². The number of hydrogen-bond acceptors (Lipinski definition) is 8. The zero-order valence-electron chi connectivity index (χ0n) is 18.0. The van der Waals surface area contributed by atoms with Crippen LogP contribution in [0.5, 0.6) is 0 Å². The van der Waals surface area contributed by atoms with Crippen molar-refractivity contribution >= 4 is 29.3 Å². The van der Waals surface area contributed by atoms with Crippen LogP contribution in [0.2, 0.25) is 0 Å². The van der Waals surface area contributed by atoms with E-state index in [0.29, 0.717) is 11.5 Å². The third-order valence-electron chi connectivity index (χ3n) is 4.42. The third kappa shape index (κ3) is 4.78. The van der Waals surface area contributed by atoms with Gasteiger partial charge in [-0.05, 0) is 18.2 Å². The van der Waals surface area contributed by atoms with Gasteiger partial charge < -0.3 is 27.4 Å². The number of aromatic nitrogens is 4. The molecule has 0 atom stereocenters. The van der Waals surface area contributed by atoms with Gasteiger partial charge in [-0.15, -0.1) is 0 Å². The topological polar surface area (TPSA) is 212 Å². The lowest BCUT2D eigenvalue weighted by molar-refractivity contribution is 0.0696. The fraction of sp³-hybridized carbons (Fsp3) is 0.250. The molecule has 0 saturated heterocycles. The van der Waals surface area contributed by atoms with E-state index in [2.05, 4.69) is 31.0 Å². The van der Waals surface area contributed by atoms with E-state index in [0.717, 1.165) is 16.4 Å². The van der Waals surface area contributed by atoms with Crippen molar-refractivity contribution < 1.29 is 19.8 Å². The number of carboxylic acid groups (broad SMARTS) is 2. The van der Waals surface area contributed by atoms with Gasteiger partial charge in [0.15, 0.2) is 0 Å². The van der Waals surface area contributed by atoms with Crippen LogP contribution < -0.4 is 17.2 Å². The van der Waals surface area contributed by atoms with Gasteiger partial charge in [0.1, 0.15) is 23.3 Å². The molecule has 0 aliphatic carbocycles. The highest BCUT2D eigenvalue weighted by Gasteiger charge is 2.23. The van der Waals surface area contributed by atoms with Crippen LogP contribution in [0.25, 0.3) is 5.69 Å². The van der Waals surface area contributed by atoms with Gasteiger partial charge in [0.25, 0.3) is 0 Å². The van der Waals surface area contributed by atoms with Gasteiger partial charge in [-0.1, -0.05) is 20.8 Å². The Bertz CT molecular complexity index is 1200. The smallest absolute Gasteiger partial charge is 0.335 e. The maximum absolute atomic E-state index is 11.0. The van der Waals surface area contributed by atoms with Gasteiger partial charge in [0.05, 0.1) is 34.4 Å².